The Morgan fingerprint density at radius 1 is 1.26 bits per heavy atom. The number of nitrogens with zero attached hydrogens (tertiary/aromatic N) is 1. The highest BCUT2D eigenvalue weighted by Gasteiger charge is 2.24. The van der Waals surface area contributed by atoms with Crippen LogP contribution in [-0.4, -0.2) is 31.2 Å². The summed E-state index contributed by atoms with van der Waals surface area (Å²) in [6.07, 6.45) is 3.26. The van der Waals surface area contributed by atoms with E-state index >= 15 is 0 Å². The smallest absolute Gasteiger partial charge is 0.340 e. The molecule has 0 bridgehead atoms. The molecule has 23 heavy (non-hydrogen) atoms. The lowest BCUT2D eigenvalue weighted by molar-refractivity contribution is -0.147. The summed E-state index contributed by atoms with van der Waals surface area (Å²) in [4.78, 5) is 22.9. The van der Waals surface area contributed by atoms with E-state index in [1.807, 2.05) is 6.07 Å². The normalized spacial score (nSPS) is 20.2. The van der Waals surface area contributed by atoms with Crippen molar-refractivity contribution in [2.75, 3.05) is 12.4 Å². The fourth-order valence-corrected chi connectivity index (χ4v) is 2.80. The highest BCUT2D eigenvalue weighted by molar-refractivity contribution is 5.96. The van der Waals surface area contributed by atoms with E-state index in [2.05, 4.69) is 5.32 Å². The molecule has 0 heterocycles. The monoisotopic (exact) mass is 316 g/mol. The number of rotatable bonds is 4. The molecule has 0 atom stereocenters. The van der Waals surface area contributed by atoms with Crippen LogP contribution in [0.15, 0.2) is 18.2 Å². The van der Waals surface area contributed by atoms with Gasteiger partial charge in [0.15, 0.2) is 0 Å². The largest absolute Gasteiger partial charge is 0.465 e. The number of methoxy groups -OCH3 is 1. The summed E-state index contributed by atoms with van der Waals surface area (Å²) >= 11 is 0. The minimum absolute atomic E-state index is 0.0217. The zero-order valence-electron chi connectivity index (χ0n) is 13.3. The van der Waals surface area contributed by atoms with Crippen molar-refractivity contribution in [1.29, 1.82) is 5.26 Å². The van der Waals surface area contributed by atoms with Crippen LogP contribution in [0, 0.1) is 11.3 Å². The van der Waals surface area contributed by atoms with Gasteiger partial charge in [0.1, 0.15) is 6.10 Å². The maximum Gasteiger partial charge on any atom is 0.340 e. The van der Waals surface area contributed by atoms with Gasteiger partial charge in [0.05, 0.1) is 24.3 Å². The average molecular weight is 316 g/mol. The molecule has 0 aliphatic heterocycles. The molecular formula is C17H20N2O4. The number of benzene rings is 1. The summed E-state index contributed by atoms with van der Waals surface area (Å²) in [7, 11) is 1.31. The summed E-state index contributed by atoms with van der Waals surface area (Å²) < 4.78 is 10.0. The topological polar surface area (TPSA) is 88.4 Å². The first-order valence-electron chi connectivity index (χ1n) is 7.59. The predicted octanol–water partition coefficient (Wildman–Crippen LogP) is 2.63. The summed E-state index contributed by atoms with van der Waals surface area (Å²) in [5, 5.41) is 12.3. The SMILES string of the molecule is COC(=O)c1cc(C#N)ccc1N[C@H]1CC[C@@H](OC(C)=O)CC1. The van der Waals surface area contributed by atoms with Crippen LogP contribution < -0.4 is 5.32 Å². The Morgan fingerprint density at radius 2 is 1.96 bits per heavy atom. The maximum atomic E-state index is 11.9. The highest BCUT2D eigenvalue weighted by Crippen LogP contribution is 2.26. The lowest BCUT2D eigenvalue weighted by Crippen LogP contribution is -2.31. The Bertz CT molecular complexity index is 628. The van der Waals surface area contributed by atoms with Crippen LogP contribution in [0.25, 0.3) is 0 Å². The van der Waals surface area contributed by atoms with Crippen molar-refractivity contribution >= 4 is 17.6 Å². The van der Waals surface area contributed by atoms with Crippen molar-refractivity contribution in [3.8, 4) is 6.07 Å². The third kappa shape index (κ3) is 4.46. The molecule has 6 heteroatoms. The highest BCUT2D eigenvalue weighted by atomic mass is 16.5. The van der Waals surface area contributed by atoms with Gasteiger partial charge in [-0.3, -0.25) is 4.79 Å². The van der Waals surface area contributed by atoms with Gasteiger partial charge < -0.3 is 14.8 Å². The first-order valence-corrected chi connectivity index (χ1v) is 7.59. The molecule has 1 saturated carbocycles. The number of hydrogen-bond acceptors (Lipinski definition) is 6. The zero-order valence-corrected chi connectivity index (χ0v) is 13.3. The lowest BCUT2D eigenvalue weighted by Gasteiger charge is -2.29. The molecule has 1 fully saturated rings. The van der Waals surface area contributed by atoms with Crippen LogP contribution >= 0.6 is 0 Å². The Labute approximate surface area is 135 Å². The molecule has 0 unspecified atom stereocenters. The fourth-order valence-electron chi connectivity index (χ4n) is 2.80. The number of ether oxygens (including phenoxy) is 2. The van der Waals surface area contributed by atoms with E-state index in [0.717, 1.165) is 25.7 Å². The van der Waals surface area contributed by atoms with Crippen molar-refractivity contribution in [1.82, 2.24) is 0 Å². The molecule has 1 N–H and O–H groups in total. The van der Waals surface area contributed by atoms with Gasteiger partial charge in [-0.2, -0.15) is 5.26 Å². The quantitative estimate of drug-likeness (QED) is 0.859. The van der Waals surface area contributed by atoms with E-state index in [0.29, 0.717) is 16.8 Å². The molecule has 0 spiro atoms. The second-order valence-electron chi connectivity index (χ2n) is 5.59. The van der Waals surface area contributed by atoms with Gasteiger partial charge in [-0.15, -0.1) is 0 Å². The van der Waals surface area contributed by atoms with Crippen molar-refractivity contribution in [2.45, 2.75) is 44.8 Å². The number of esters is 2. The van der Waals surface area contributed by atoms with E-state index in [9.17, 15) is 9.59 Å². The van der Waals surface area contributed by atoms with Gasteiger partial charge >= 0.3 is 11.9 Å². The molecule has 0 aromatic heterocycles. The van der Waals surface area contributed by atoms with Gasteiger partial charge in [-0.05, 0) is 43.9 Å². The minimum atomic E-state index is -0.474. The van der Waals surface area contributed by atoms with Crippen LogP contribution in [0.2, 0.25) is 0 Å². The summed E-state index contributed by atoms with van der Waals surface area (Å²) in [5.74, 6) is -0.723. The second kappa shape index (κ2) is 7.63. The summed E-state index contributed by atoms with van der Waals surface area (Å²) in [6.45, 7) is 1.42. The molecule has 0 radical (unpaired) electrons. The van der Waals surface area contributed by atoms with Crippen LogP contribution in [0.1, 0.15) is 48.5 Å². The van der Waals surface area contributed by atoms with Gasteiger partial charge in [0.2, 0.25) is 0 Å². The third-order valence-corrected chi connectivity index (χ3v) is 3.92. The Hall–Kier alpha value is -2.55. The number of nitrogens with one attached hydrogen (secondary N) is 1. The molecular weight excluding hydrogens is 296 g/mol. The minimum Gasteiger partial charge on any atom is -0.465 e. The molecule has 0 saturated heterocycles. The molecule has 122 valence electrons. The first-order chi connectivity index (χ1) is 11.0. The van der Waals surface area contributed by atoms with E-state index in [1.165, 1.54) is 20.1 Å². The van der Waals surface area contributed by atoms with Gasteiger partial charge in [-0.25, -0.2) is 4.79 Å². The summed E-state index contributed by atoms with van der Waals surface area (Å²) in [5.41, 5.74) is 1.43. The first kappa shape index (κ1) is 16.8. The van der Waals surface area contributed by atoms with E-state index in [-0.39, 0.29) is 18.1 Å². The maximum absolute atomic E-state index is 11.9. The number of anilines is 1. The number of carbonyl (C=O) groups is 2. The van der Waals surface area contributed by atoms with Crippen molar-refractivity contribution < 1.29 is 19.1 Å². The van der Waals surface area contributed by atoms with Gasteiger partial charge in [-0.1, -0.05) is 0 Å². The third-order valence-electron chi connectivity index (χ3n) is 3.92. The molecule has 1 aliphatic rings. The van der Waals surface area contributed by atoms with Gasteiger partial charge in [0.25, 0.3) is 0 Å². The van der Waals surface area contributed by atoms with E-state index in [1.54, 1.807) is 12.1 Å². The van der Waals surface area contributed by atoms with Crippen molar-refractivity contribution in [3.05, 3.63) is 29.3 Å². The van der Waals surface area contributed by atoms with Crippen LogP contribution in [0.5, 0.6) is 0 Å². The number of carbonyl (C=O) groups excluding carboxylic acids is 2. The molecule has 0 amide bonds. The average Bonchev–Trinajstić information content (AvgIpc) is 2.55. The number of hydrogen-bond donors (Lipinski definition) is 1. The molecule has 1 aromatic carbocycles. The predicted molar refractivity (Wildman–Crippen MR) is 83.9 cm³/mol. The molecule has 1 aromatic rings. The molecule has 2 rings (SSSR count). The van der Waals surface area contributed by atoms with Gasteiger partial charge in [0, 0.05) is 18.7 Å². The molecule has 1 aliphatic carbocycles. The summed E-state index contributed by atoms with van der Waals surface area (Å²) in [6, 6.07) is 7.13. The van der Waals surface area contributed by atoms with E-state index in [4.69, 9.17) is 14.7 Å². The van der Waals surface area contributed by atoms with E-state index < -0.39 is 5.97 Å². The standard InChI is InChI=1S/C17H20N2O4/c1-11(20)23-14-6-4-13(5-7-14)19-16-8-3-12(10-18)9-15(16)17(21)22-2/h3,8-9,13-14,19H,4-7H2,1-2H3/t13-,14+. The number of nitriles is 1. The van der Waals surface area contributed by atoms with Crippen LogP contribution in [-0.2, 0) is 14.3 Å². The molecule has 6 nitrogen and oxygen atoms in total. The Kier molecular flexibility index (Phi) is 5.58. The lowest BCUT2D eigenvalue weighted by atomic mass is 9.92. The fraction of sp³-hybridized carbons (Fsp3) is 0.471. The Morgan fingerprint density at radius 3 is 2.52 bits per heavy atom. The van der Waals surface area contributed by atoms with Crippen molar-refractivity contribution in [2.24, 2.45) is 0 Å². The van der Waals surface area contributed by atoms with Crippen LogP contribution in [0.3, 0.4) is 0 Å². The zero-order chi connectivity index (χ0) is 16.8. The second-order valence-corrected chi connectivity index (χ2v) is 5.59. The van der Waals surface area contributed by atoms with Crippen molar-refractivity contribution in [3.63, 3.8) is 0 Å². The Balaban J connectivity index is 2.05. The van der Waals surface area contributed by atoms with Crippen LogP contribution in [0.4, 0.5) is 5.69 Å².